The average molecular weight is 370 g/mol. The fourth-order valence-electron chi connectivity index (χ4n) is 2.81. The molecule has 1 atom stereocenters. The van der Waals surface area contributed by atoms with Crippen molar-refractivity contribution in [1.82, 2.24) is 10.6 Å². The van der Waals surface area contributed by atoms with Gasteiger partial charge in [0.15, 0.2) is 0 Å². The van der Waals surface area contributed by atoms with Crippen LogP contribution in [0.1, 0.15) is 36.1 Å². The number of benzene rings is 2. The van der Waals surface area contributed by atoms with Crippen LogP contribution in [-0.4, -0.2) is 26.0 Å². The maximum Gasteiger partial charge on any atom is 0.222 e. The van der Waals surface area contributed by atoms with Gasteiger partial charge in [-0.3, -0.25) is 9.59 Å². The molecule has 1 unspecified atom stereocenters. The number of hydrogen-bond acceptors (Lipinski definition) is 4. The minimum atomic E-state index is -0.400. The van der Waals surface area contributed by atoms with Crippen molar-refractivity contribution in [3.8, 4) is 5.75 Å². The number of carbonyl (C=O) groups is 2. The van der Waals surface area contributed by atoms with Gasteiger partial charge in [0.1, 0.15) is 5.75 Å². The Labute approximate surface area is 159 Å². The molecule has 27 heavy (non-hydrogen) atoms. The number of hydrogen-bond donors (Lipinski definition) is 2. The summed E-state index contributed by atoms with van der Waals surface area (Å²) in [5, 5.41) is 5.76. The van der Waals surface area contributed by atoms with Crippen molar-refractivity contribution < 1.29 is 19.1 Å². The zero-order valence-corrected chi connectivity index (χ0v) is 16.0. The van der Waals surface area contributed by atoms with Crippen LogP contribution in [0.25, 0.3) is 0 Å². The summed E-state index contributed by atoms with van der Waals surface area (Å²) in [5.74, 6) is 0.394. The van der Waals surface area contributed by atoms with E-state index in [1.807, 2.05) is 48.5 Å². The summed E-state index contributed by atoms with van der Waals surface area (Å²) in [6.07, 6.45) is 0.151. The summed E-state index contributed by atoms with van der Waals surface area (Å²) >= 11 is 0. The number of nitrogens with one attached hydrogen (secondary N) is 2. The molecule has 144 valence electrons. The van der Waals surface area contributed by atoms with E-state index in [-0.39, 0.29) is 18.2 Å². The van der Waals surface area contributed by atoms with E-state index in [0.717, 1.165) is 22.4 Å². The SMILES string of the molecule is COCc1ccccc1CNC(=O)CC(NC(C)=O)c1ccc(OC)cc1. The van der Waals surface area contributed by atoms with Crippen molar-refractivity contribution in [3.63, 3.8) is 0 Å². The largest absolute Gasteiger partial charge is 0.497 e. The fraction of sp³-hybridized carbons (Fsp3) is 0.333. The van der Waals surface area contributed by atoms with Crippen LogP contribution in [0.5, 0.6) is 5.75 Å². The second kappa shape index (κ2) is 10.3. The van der Waals surface area contributed by atoms with Gasteiger partial charge in [0.05, 0.1) is 26.2 Å². The van der Waals surface area contributed by atoms with E-state index in [1.165, 1.54) is 6.92 Å². The first-order chi connectivity index (χ1) is 13.0. The normalized spacial score (nSPS) is 11.5. The molecule has 6 nitrogen and oxygen atoms in total. The molecular formula is C21H26N2O4. The number of rotatable bonds is 9. The molecule has 0 aromatic heterocycles. The predicted octanol–water partition coefficient (Wildman–Crippen LogP) is 2.73. The molecule has 2 N–H and O–H groups in total. The van der Waals surface area contributed by atoms with Crippen LogP contribution in [0, 0.1) is 0 Å². The summed E-state index contributed by atoms with van der Waals surface area (Å²) in [7, 11) is 3.23. The van der Waals surface area contributed by atoms with E-state index in [4.69, 9.17) is 9.47 Å². The zero-order chi connectivity index (χ0) is 19.6. The Kier molecular flexibility index (Phi) is 7.82. The highest BCUT2D eigenvalue weighted by molar-refractivity contribution is 5.79. The Hall–Kier alpha value is -2.86. The van der Waals surface area contributed by atoms with E-state index in [1.54, 1.807) is 14.2 Å². The Bertz CT molecular complexity index is 759. The summed E-state index contributed by atoms with van der Waals surface area (Å²) in [4.78, 5) is 24.0. The van der Waals surface area contributed by atoms with Gasteiger partial charge in [0.25, 0.3) is 0 Å². The minimum Gasteiger partial charge on any atom is -0.497 e. The summed E-state index contributed by atoms with van der Waals surface area (Å²) in [6, 6.07) is 14.7. The lowest BCUT2D eigenvalue weighted by molar-refractivity contribution is -0.122. The average Bonchev–Trinajstić information content (AvgIpc) is 2.67. The van der Waals surface area contributed by atoms with Crippen molar-refractivity contribution in [1.29, 1.82) is 0 Å². The number of ether oxygens (including phenoxy) is 2. The van der Waals surface area contributed by atoms with Crippen LogP contribution in [0.2, 0.25) is 0 Å². The van der Waals surface area contributed by atoms with E-state index >= 15 is 0 Å². The maximum absolute atomic E-state index is 12.5. The molecule has 0 saturated heterocycles. The van der Waals surface area contributed by atoms with E-state index in [2.05, 4.69) is 10.6 Å². The van der Waals surface area contributed by atoms with Crippen molar-refractivity contribution in [2.24, 2.45) is 0 Å². The van der Waals surface area contributed by atoms with Crippen LogP contribution in [0.15, 0.2) is 48.5 Å². The van der Waals surface area contributed by atoms with E-state index in [0.29, 0.717) is 13.2 Å². The highest BCUT2D eigenvalue weighted by Crippen LogP contribution is 2.20. The monoisotopic (exact) mass is 370 g/mol. The molecule has 2 aromatic carbocycles. The van der Waals surface area contributed by atoms with E-state index in [9.17, 15) is 9.59 Å². The summed E-state index contributed by atoms with van der Waals surface area (Å²) < 4.78 is 10.3. The Morgan fingerprint density at radius 1 is 1.00 bits per heavy atom. The van der Waals surface area contributed by atoms with Crippen molar-refractivity contribution in [2.45, 2.75) is 32.5 Å². The molecule has 0 radical (unpaired) electrons. The minimum absolute atomic E-state index is 0.142. The maximum atomic E-state index is 12.5. The van der Waals surface area contributed by atoms with Gasteiger partial charge < -0.3 is 20.1 Å². The highest BCUT2D eigenvalue weighted by Gasteiger charge is 2.17. The Morgan fingerprint density at radius 2 is 1.67 bits per heavy atom. The van der Waals surface area contributed by atoms with Gasteiger partial charge >= 0.3 is 0 Å². The van der Waals surface area contributed by atoms with Crippen LogP contribution >= 0.6 is 0 Å². The second-order valence-corrected chi connectivity index (χ2v) is 6.21. The van der Waals surface area contributed by atoms with Crippen molar-refractivity contribution in [2.75, 3.05) is 14.2 Å². The highest BCUT2D eigenvalue weighted by atomic mass is 16.5. The van der Waals surface area contributed by atoms with Crippen molar-refractivity contribution in [3.05, 3.63) is 65.2 Å². The lowest BCUT2D eigenvalue weighted by Crippen LogP contribution is -2.32. The molecule has 0 spiro atoms. The zero-order valence-electron chi connectivity index (χ0n) is 16.0. The van der Waals surface area contributed by atoms with Gasteiger partial charge in [-0.1, -0.05) is 36.4 Å². The first-order valence-corrected chi connectivity index (χ1v) is 8.77. The van der Waals surface area contributed by atoms with Crippen LogP contribution in [-0.2, 0) is 27.5 Å². The van der Waals surface area contributed by atoms with Gasteiger partial charge in [-0.25, -0.2) is 0 Å². The second-order valence-electron chi connectivity index (χ2n) is 6.21. The predicted molar refractivity (Wildman–Crippen MR) is 103 cm³/mol. The molecule has 2 aromatic rings. The van der Waals surface area contributed by atoms with Gasteiger partial charge in [-0.05, 0) is 28.8 Å². The number of amides is 2. The lowest BCUT2D eigenvalue weighted by Gasteiger charge is -2.19. The van der Waals surface area contributed by atoms with Gasteiger partial charge in [0, 0.05) is 20.6 Å². The molecular weight excluding hydrogens is 344 g/mol. The fourth-order valence-corrected chi connectivity index (χ4v) is 2.81. The van der Waals surface area contributed by atoms with E-state index < -0.39 is 6.04 Å². The van der Waals surface area contributed by atoms with Gasteiger partial charge in [-0.15, -0.1) is 0 Å². The van der Waals surface area contributed by atoms with Gasteiger partial charge in [-0.2, -0.15) is 0 Å². The van der Waals surface area contributed by atoms with Crippen LogP contribution < -0.4 is 15.4 Å². The third kappa shape index (κ3) is 6.42. The summed E-state index contributed by atoms with van der Waals surface area (Å²) in [5.41, 5.74) is 2.89. The molecule has 0 aliphatic carbocycles. The third-order valence-corrected chi connectivity index (χ3v) is 4.18. The number of carbonyl (C=O) groups excluding carboxylic acids is 2. The summed E-state index contributed by atoms with van der Waals surface area (Å²) in [6.45, 7) is 2.34. The topological polar surface area (TPSA) is 76.7 Å². The molecule has 2 rings (SSSR count). The van der Waals surface area contributed by atoms with Crippen LogP contribution in [0.3, 0.4) is 0 Å². The standard InChI is InChI=1S/C21H26N2O4/c1-15(24)23-20(16-8-10-19(27-3)11-9-16)12-21(25)22-13-17-6-4-5-7-18(17)14-26-2/h4-11,20H,12-14H2,1-3H3,(H,22,25)(H,23,24). The first kappa shape index (κ1) is 20.5. The van der Waals surface area contributed by atoms with Crippen LogP contribution in [0.4, 0.5) is 0 Å². The molecule has 0 bridgehead atoms. The third-order valence-electron chi connectivity index (χ3n) is 4.18. The molecule has 0 heterocycles. The smallest absolute Gasteiger partial charge is 0.222 e. The van der Waals surface area contributed by atoms with Crippen molar-refractivity contribution >= 4 is 11.8 Å². The quantitative estimate of drug-likeness (QED) is 0.712. The van der Waals surface area contributed by atoms with Gasteiger partial charge in [0.2, 0.25) is 11.8 Å². The molecule has 0 aliphatic heterocycles. The molecule has 0 saturated carbocycles. The Morgan fingerprint density at radius 3 is 2.26 bits per heavy atom. The Balaban J connectivity index is 2.02. The number of methoxy groups -OCH3 is 2. The lowest BCUT2D eigenvalue weighted by atomic mass is 10.0. The molecule has 2 amide bonds. The molecule has 0 fully saturated rings. The molecule has 0 aliphatic rings. The first-order valence-electron chi connectivity index (χ1n) is 8.77. The molecule has 6 heteroatoms.